The van der Waals surface area contributed by atoms with Crippen molar-refractivity contribution in [2.45, 2.75) is 45.6 Å². The van der Waals surface area contributed by atoms with Gasteiger partial charge in [0.15, 0.2) is 0 Å². The zero-order valence-electron chi connectivity index (χ0n) is 10.7. The quantitative estimate of drug-likeness (QED) is 0.874. The largest absolute Gasteiger partial charge is 0.382 e. The molecule has 2 aromatic rings. The molecule has 3 heteroatoms. The van der Waals surface area contributed by atoms with E-state index in [-0.39, 0.29) is 0 Å². The van der Waals surface area contributed by atoms with Gasteiger partial charge in [-0.2, -0.15) is 0 Å². The molecular weight excluding hydrogens is 210 g/mol. The maximum Gasteiger partial charge on any atom is 0.116 e. The Hall–Kier alpha value is -1.51. The molecule has 1 aliphatic rings. The Morgan fingerprint density at radius 3 is 2.82 bits per heavy atom. The molecule has 1 fully saturated rings. The Balaban J connectivity index is 2.06. The van der Waals surface area contributed by atoms with Gasteiger partial charge in [-0.3, -0.25) is 0 Å². The van der Waals surface area contributed by atoms with E-state index in [0.29, 0.717) is 12.0 Å². The van der Waals surface area contributed by atoms with Crippen LogP contribution in [-0.2, 0) is 0 Å². The summed E-state index contributed by atoms with van der Waals surface area (Å²) in [5.41, 5.74) is 3.56. The molecule has 2 aromatic heterocycles. The van der Waals surface area contributed by atoms with E-state index in [1.165, 1.54) is 24.0 Å². The molecule has 0 atom stereocenters. The number of nitrogens with zero attached hydrogens (tertiary/aromatic N) is 2. The van der Waals surface area contributed by atoms with Gasteiger partial charge < -0.3 is 9.72 Å². The van der Waals surface area contributed by atoms with Crippen molar-refractivity contribution in [2.24, 2.45) is 0 Å². The molecule has 90 valence electrons. The SMILES string of the molecule is Cc1nc(C(C)C)n2ccc(NC3CC3)cc12. The lowest BCUT2D eigenvalue weighted by molar-refractivity contribution is 0.768. The third kappa shape index (κ3) is 1.90. The molecule has 1 aliphatic carbocycles. The number of rotatable bonds is 3. The van der Waals surface area contributed by atoms with E-state index < -0.39 is 0 Å². The van der Waals surface area contributed by atoms with Gasteiger partial charge in [0.1, 0.15) is 5.82 Å². The molecule has 1 saturated carbocycles. The number of aryl methyl sites for hydroxylation is 1. The molecule has 3 nitrogen and oxygen atoms in total. The van der Waals surface area contributed by atoms with Crippen LogP contribution in [0.15, 0.2) is 18.3 Å². The lowest BCUT2D eigenvalue weighted by atomic mass is 10.2. The highest BCUT2D eigenvalue weighted by molar-refractivity contribution is 5.62. The predicted octanol–water partition coefficient (Wildman–Crippen LogP) is 3.34. The van der Waals surface area contributed by atoms with Crippen molar-refractivity contribution in [3.05, 3.63) is 29.8 Å². The first-order valence-corrected chi connectivity index (χ1v) is 6.40. The highest BCUT2D eigenvalue weighted by Crippen LogP contribution is 2.27. The van der Waals surface area contributed by atoms with Crippen LogP contribution in [0.4, 0.5) is 5.69 Å². The van der Waals surface area contributed by atoms with Gasteiger partial charge in [0.2, 0.25) is 0 Å². The lowest BCUT2D eigenvalue weighted by Gasteiger charge is -2.07. The van der Waals surface area contributed by atoms with Crippen LogP contribution < -0.4 is 5.32 Å². The minimum absolute atomic E-state index is 0.457. The van der Waals surface area contributed by atoms with Crippen LogP contribution >= 0.6 is 0 Å². The van der Waals surface area contributed by atoms with E-state index in [1.807, 2.05) is 0 Å². The summed E-state index contributed by atoms with van der Waals surface area (Å²) < 4.78 is 2.21. The summed E-state index contributed by atoms with van der Waals surface area (Å²) in [6.07, 6.45) is 4.75. The van der Waals surface area contributed by atoms with Crippen LogP contribution in [0.1, 0.15) is 44.1 Å². The summed E-state index contributed by atoms with van der Waals surface area (Å²) in [6.45, 7) is 6.46. The number of fused-ring (bicyclic) bond motifs is 1. The van der Waals surface area contributed by atoms with E-state index in [9.17, 15) is 0 Å². The molecule has 2 heterocycles. The number of hydrogen-bond donors (Lipinski definition) is 1. The van der Waals surface area contributed by atoms with Crippen molar-refractivity contribution >= 4 is 11.2 Å². The molecular formula is C14H19N3. The Morgan fingerprint density at radius 1 is 1.41 bits per heavy atom. The summed E-state index contributed by atoms with van der Waals surface area (Å²) in [5, 5.41) is 3.53. The molecule has 0 unspecified atom stereocenters. The first-order valence-electron chi connectivity index (χ1n) is 6.40. The molecule has 1 N–H and O–H groups in total. The van der Waals surface area contributed by atoms with Gasteiger partial charge in [0.05, 0.1) is 11.2 Å². The van der Waals surface area contributed by atoms with E-state index in [1.54, 1.807) is 0 Å². The van der Waals surface area contributed by atoms with Gasteiger partial charge >= 0.3 is 0 Å². The van der Waals surface area contributed by atoms with Crippen molar-refractivity contribution < 1.29 is 0 Å². The maximum atomic E-state index is 4.66. The number of hydrogen-bond acceptors (Lipinski definition) is 2. The maximum absolute atomic E-state index is 4.66. The van der Waals surface area contributed by atoms with Gasteiger partial charge in [-0.1, -0.05) is 13.8 Å². The number of aromatic nitrogens is 2. The minimum atomic E-state index is 0.457. The fourth-order valence-corrected chi connectivity index (χ4v) is 2.22. The Kier molecular flexibility index (Phi) is 2.35. The van der Waals surface area contributed by atoms with Crippen LogP contribution in [0, 0.1) is 6.92 Å². The standard InChI is InChI=1S/C14H19N3/c1-9(2)14-15-10(3)13-8-12(6-7-17(13)14)16-11-4-5-11/h6-9,11,16H,4-5H2,1-3H3. The van der Waals surface area contributed by atoms with Crippen molar-refractivity contribution in [2.75, 3.05) is 5.32 Å². The average Bonchev–Trinajstić information content (AvgIpc) is 3.03. The summed E-state index contributed by atoms with van der Waals surface area (Å²) >= 11 is 0. The zero-order chi connectivity index (χ0) is 12.0. The van der Waals surface area contributed by atoms with Gasteiger partial charge in [0, 0.05) is 23.8 Å². The fraction of sp³-hybridized carbons (Fsp3) is 0.500. The molecule has 0 radical (unpaired) electrons. The Labute approximate surface area is 102 Å². The fourth-order valence-electron chi connectivity index (χ4n) is 2.22. The highest BCUT2D eigenvalue weighted by Gasteiger charge is 2.21. The average molecular weight is 229 g/mol. The molecule has 0 bridgehead atoms. The Bertz CT molecular complexity index is 550. The summed E-state index contributed by atoms with van der Waals surface area (Å²) in [5.74, 6) is 1.61. The lowest BCUT2D eigenvalue weighted by Crippen LogP contribution is -2.02. The van der Waals surface area contributed by atoms with Crippen LogP contribution in [-0.4, -0.2) is 15.4 Å². The van der Waals surface area contributed by atoms with Gasteiger partial charge in [0.25, 0.3) is 0 Å². The second kappa shape index (κ2) is 3.76. The topological polar surface area (TPSA) is 29.3 Å². The number of anilines is 1. The monoisotopic (exact) mass is 229 g/mol. The molecule has 17 heavy (non-hydrogen) atoms. The molecule has 0 spiro atoms. The third-order valence-corrected chi connectivity index (χ3v) is 3.32. The van der Waals surface area contributed by atoms with Crippen molar-refractivity contribution in [1.29, 1.82) is 0 Å². The van der Waals surface area contributed by atoms with Gasteiger partial charge in [-0.25, -0.2) is 4.98 Å². The summed E-state index contributed by atoms with van der Waals surface area (Å²) in [4.78, 5) is 4.66. The summed E-state index contributed by atoms with van der Waals surface area (Å²) in [6, 6.07) is 5.07. The predicted molar refractivity (Wildman–Crippen MR) is 70.7 cm³/mol. The van der Waals surface area contributed by atoms with E-state index in [0.717, 1.165) is 11.5 Å². The van der Waals surface area contributed by atoms with Crippen molar-refractivity contribution in [1.82, 2.24) is 9.38 Å². The highest BCUT2D eigenvalue weighted by atomic mass is 15.0. The minimum Gasteiger partial charge on any atom is -0.382 e. The smallest absolute Gasteiger partial charge is 0.116 e. The van der Waals surface area contributed by atoms with Gasteiger partial charge in [-0.05, 0) is 31.9 Å². The molecule has 0 aromatic carbocycles. The Morgan fingerprint density at radius 2 is 2.18 bits per heavy atom. The van der Waals surface area contributed by atoms with E-state index in [4.69, 9.17) is 0 Å². The molecule has 0 aliphatic heterocycles. The molecule has 0 saturated heterocycles. The first-order chi connectivity index (χ1) is 8.15. The van der Waals surface area contributed by atoms with Gasteiger partial charge in [-0.15, -0.1) is 0 Å². The van der Waals surface area contributed by atoms with Crippen LogP contribution in [0.3, 0.4) is 0 Å². The first kappa shape index (κ1) is 10.6. The number of imidazole rings is 1. The van der Waals surface area contributed by atoms with E-state index >= 15 is 0 Å². The zero-order valence-corrected chi connectivity index (χ0v) is 10.7. The molecule has 3 rings (SSSR count). The normalized spacial score (nSPS) is 15.8. The summed E-state index contributed by atoms with van der Waals surface area (Å²) in [7, 11) is 0. The van der Waals surface area contributed by atoms with Crippen LogP contribution in [0.2, 0.25) is 0 Å². The van der Waals surface area contributed by atoms with Crippen molar-refractivity contribution in [3.63, 3.8) is 0 Å². The second-order valence-corrected chi connectivity index (χ2v) is 5.30. The van der Waals surface area contributed by atoms with Crippen molar-refractivity contribution in [3.8, 4) is 0 Å². The van der Waals surface area contributed by atoms with Crippen LogP contribution in [0.25, 0.3) is 5.52 Å². The third-order valence-electron chi connectivity index (χ3n) is 3.32. The van der Waals surface area contributed by atoms with Crippen LogP contribution in [0.5, 0.6) is 0 Å². The second-order valence-electron chi connectivity index (χ2n) is 5.30. The molecule has 0 amide bonds. The number of pyridine rings is 1. The number of nitrogens with one attached hydrogen (secondary N) is 1. The van der Waals surface area contributed by atoms with E-state index in [2.05, 4.69) is 53.8 Å².